The van der Waals surface area contributed by atoms with Gasteiger partial charge >= 0.3 is 0 Å². The summed E-state index contributed by atoms with van der Waals surface area (Å²) in [6, 6.07) is 18.8. The van der Waals surface area contributed by atoms with Gasteiger partial charge in [-0.3, -0.25) is 4.68 Å². The van der Waals surface area contributed by atoms with E-state index in [4.69, 9.17) is 0 Å². The second-order valence-corrected chi connectivity index (χ2v) is 7.49. The van der Waals surface area contributed by atoms with E-state index in [1.807, 2.05) is 36.7 Å². The van der Waals surface area contributed by atoms with Gasteiger partial charge in [-0.05, 0) is 44.2 Å². The van der Waals surface area contributed by atoms with E-state index in [0.29, 0.717) is 13.1 Å². The molecule has 4 nitrogen and oxygen atoms in total. The molecule has 3 aromatic rings. The lowest BCUT2D eigenvalue weighted by Gasteiger charge is -2.34. The predicted octanol–water partition coefficient (Wildman–Crippen LogP) is 4.16. The second-order valence-electron chi connectivity index (χ2n) is 6.41. The largest absolute Gasteiger partial charge is 0.389 e. The molecule has 0 saturated carbocycles. The fourth-order valence-electron chi connectivity index (χ4n) is 3.31. The minimum Gasteiger partial charge on any atom is -0.389 e. The highest BCUT2D eigenvalue weighted by Crippen LogP contribution is 2.47. The molecular weight excluding hydrogens is 330 g/mol. The lowest BCUT2D eigenvalue weighted by molar-refractivity contribution is 0.156. The highest BCUT2D eigenvalue weighted by atomic mass is 32.2. The number of benzene rings is 2. The van der Waals surface area contributed by atoms with Crippen molar-refractivity contribution in [2.24, 2.45) is 0 Å². The predicted molar refractivity (Wildman–Crippen MR) is 102 cm³/mol. The van der Waals surface area contributed by atoms with Crippen LogP contribution in [0.2, 0.25) is 0 Å². The Balaban J connectivity index is 1.62. The fourth-order valence-corrected chi connectivity index (χ4v) is 4.40. The van der Waals surface area contributed by atoms with Crippen molar-refractivity contribution in [2.75, 3.05) is 11.4 Å². The van der Waals surface area contributed by atoms with Gasteiger partial charge in [-0.25, -0.2) is 0 Å². The fraction of sp³-hybridized carbons (Fsp3) is 0.250. The Kier molecular flexibility index (Phi) is 4.27. The van der Waals surface area contributed by atoms with E-state index in [1.165, 1.54) is 9.79 Å². The first-order chi connectivity index (χ1) is 12.1. The van der Waals surface area contributed by atoms with E-state index in [0.717, 1.165) is 22.8 Å². The molecule has 1 aromatic heterocycles. The quantitative estimate of drug-likeness (QED) is 0.766. The Morgan fingerprint density at radius 1 is 0.960 bits per heavy atom. The van der Waals surface area contributed by atoms with Crippen molar-refractivity contribution in [2.45, 2.75) is 36.3 Å². The van der Waals surface area contributed by atoms with Crippen LogP contribution in [-0.2, 0) is 6.54 Å². The van der Waals surface area contributed by atoms with Crippen LogP contribution in [0.1, 0.15) is 11.4 Å². The van der Waals surface area contributed by atoms with E-state index in [2.05, 4.69) is 46.4 Å². The first kappa shape index (κ1) is 16.2. The van der Waals surface area contributed by atoms with Crippen LogP contribution in [0.25, 0.3) is 0 Å². The summed E-state index contributed by atoms with van der Waals surface area (Å²) in [5, 5.41) is 15.2. The molecule has 1 atom stereocenters. The standard InChI is InChI=1S/C20H21N3OS/c1-14-11-15(2)23(21-14)13-16(24)12-22-17-7-3-5-9-19(17)25-20-10-6-4-8-18(20)22/h3-11,16,24H,12-13H2,1-2H3/t16-/m1/s1. The zero-order valence-corrected chi connectivity index (χ0v) is 15.2. The van der Waals surface area contributed by atoms with Gasteiger partial charge in [0.05, 0.1) is 36.3 Å². The van der Waals surface area contributed by atoms with Crippen LogP contribution in [0.5, 0.6) is 0 Å². The smallest absolute Gasteiger partial charge is 0.0914 e. The van der Waals surface area contributed by atoms with Crippen molar-refractivity contribution in [3.05, 3.63) is 66.0 Å². The maximum absolute atomic E-state index is 10.7. The molecule has 0 amide bonds. The van der Waals surface area contributed by atoms with Crippen LogP contribution >= 0.6 is 11.8 Å². The van der Waals surface area contributed by atoms with Crippen LogP contribution in [0.4, 0.5) is 11.4 Å². The van der Waals surface area contributed by atoms with Crippen molar-refractivity contribution in [1.29, 1.82) is 0 Å². The third-order valence-electron chi connectivity index (χ3n) is 4.41. The summed E-state index contributed by atoms with van der Waals surface area (Å²) in [4.78, 5) is 4.66. The van der Waals surface area contributed by atoms with Gasteiger partial charge in [-0.1, -0.05) is 36.0 Å². The summed E-state index contributed by atoms with van der Waals surface area (Å²) in [5.41, 5.74) is 4.36. The number of rotatable bonds is 4. The molecule has 0 radical (unpaired) electrons. The Hall–Kier alpha value is -2.24. The van der Waals surface area contributed by atoms with Crippen molar-refractivity contribution in [3.8, 4) is 0 Å². The maximum atomic E-state index is 10.7. The molecule has 0 bridgehead atoms. The van der Waals surface area contributed by atoms with Crippen molar-refractivity contribution in [3.63, 3.8) is 0 Å². The first-order valence-corrected chi connectivity index (χ1v) is 9.26. The molecule has 1 aliphatic rings. The van der Waals surface area contributed by atoms with E-state index in [1.54, 1.807) is 11.8 Å². The molecule has 4 rings (SSSR count). The first-order valence-electron chi connectivity index (χ1n) is 8.44. The van der Waals surface area contributed by atoms with Crippen LogP contribution in [0, 0.1) is 13.8 Å². The van der Waals surface area contributed by atoms with Gasteiger partial charge in [-0.15, -0.1) is 0 Å². The SMILES string of the molecule is Cc1cc(C)n(C[C@H](O)CN2c3ccccc3Sc3ccccc32)n1. The molecule has 5 heteroatoms. The lowest BCUT2D eigenvalue weighted by Crippen LogP contribution is -2.33. The zero-order valence-electron chi connectivity index (χ0n) is 14.4. The molecule has 0 aliphatic carbocycles. The molecule has 0 spiro atoms. The minimum absolute atomic E-state index is 0.494. The van der Waals surface area contributed by atoms with Crippen LogP contribution < -0.4 is 4.90 Å². The van der Waals surface area contributed by atoms with E-state index >= 15 is 0 Å². The van der Waals surface area contributed by atoms with Crippen molar-refractivity contribution in [1.82, 2.24) is 9.78 Å². The molecule has 0 saturated heterocycles. The number of hydrogen-bond acceptors (Lipinski definition) is 4. The summed E-state index contributed by atoms with van der Waals surface area (Å²) in [5.74, 6) is 0. The number of fused-ring (bicyclic) bond motifs is 2. The van der Waals surface area contributed by atoms with Crippen LogP contribution in [-0.4, -0.2) is 27.5 Å². The Bertz CT molecular complexity index is 860. The number of nitrogens with zero attached hydrogens (tertiary/aromatic N) is 3. The van der Waals surface area contributed by atoms with Gasteiger partial charge in [0.15, 0.2) is 0 Å². The average molecular weight is 351 g/mol. The molecule has 1 aliphatic heterocycles. The minimum atomic E-state index is -0.512. The molecule has 0 unspecified atom stereocenters. The van der Waals surface area contributed by atoms with E-state index in [9.17, 15) is 5.11 Å². The molecule has 128 valence electrons. The highest BCUT2D eigenvalue weighted by Gasteiger charge is 2.25. The van der Waals surface area contributed by atoms with Gasteiger partial charge in [0.2, 0.25) is 0 Å². The zero-order chi connectivity index (χ0) is 17.4. The second kappa shape index (κ2) is 6.58. The Morgan fingerprint density at radius 2 is 1.56 bits per heavy atom. The van der Waals surface area contributed by atoms with Crippen molar-refractivity contribution < 1.29 is 5.11 Å². The number of para-hydroxylation sites is 2. The Morgan fingerprint density at radius 3 is 2.12 bits per heavy atom. The number of aliphatic hydroxyl groups is 1. The van der Waals surface area contributed by atoms with Crippen LogP contribution in [0.15, 0.2) is 64.4 Å². The molecule has 0 fully saturated rings. The van der Waals surface area contributed by atoms with E-state index < -0.39 is 6.10 Å². The third kappa shape index (κ3) is 3.17. The van der Waals surface area contributed by atoms with Crippen LogP contribution in [0.3, 0.4) is 0 Å². The third-order valence-corrected chi connectivity index (χ3v) is 5.54. The normalized spacial score (nSPS) is 14.1. The Labute approximate surface area is 152 Å². The van der Waals surface area contributed by atoms with Gasteiger partial charge in [-0.2, -0.15) is 5.10 Å². The number of anilines is 2. The average Bonchev–Trinajstić information content (AvgIpc) is 2.91. The highest BCUT2D eigenvalue weighted by molar-refractivity contribution is 7.99. The summed E-state index contributed by atoms with van der Waals surface area (Å²) in [7, 11) is 0. The number of β-amino-alcohol motifs (C(OH)–C–C–N with tert-alkyl or cyclic N) is 1. The molecule has 2 heterocycles. The topological polar surface area (TPSA) is 41.3 Å². The summed E-state index contributed by atoms with van der Waals surface area (Å²) < 4.78 is 1.89. The number of aliphatic hydroxyl groups excluding tert-OH is 1. The number of hydrogen-bond donors (Lipinski definition) is 1. The molecule has 2 aromatic carbocycles. The number of aryl methyl sites for hydroxylation is 2. The van der Waals surface area contributed by atoms with Gasteiger partial charge in [0, 0.05) is 15.5 Å². The monoisotopic (exact) mass is 351 g/mol. The van der Waals surface area contributed by atoms with Gasteiger partial charge in [0.1, 0.15) is 0 Å². The number of aromatic nitrogens is 2. The van der Waals surface area contributed by atoms with E-state index in [-0.39, 0.29) is 0 Å². The lowest BCUT2D eigenvalue weighted by atomic mass is 10.2. The maximum Gasteiger partial charge on any atom is 0.0914 e. The molecule has 1 N–H and O–H groups in total. The summed E-state index contributed by atoms with van der Waals surface area (Å²) in [6.45, 7) is 5.03. The molecule has 25 heavy (non-hydrogen) atoms. The van der Waals surface area contributed by atoms with Crippen molar-refractivity contribution >= 4 is 23.1 Å². The summed E-state index contributed by atoms with van der Waals surface area (Å²) >= 11 is 1.78. The molecular formula is C20H21N3OS. The van der Waals surface area contributed by atoms with Gasteiger partial charge < -0.3 is 10.0 Å². The summed E-state index contributed by atoms with van der Waals surface area (Å²) in [6.07, 6.45) is -0.512. The van der Waals surface area contributed by atoms with Gasteiger partial charge in [0.25, 0.3) is 0 Å².